The Kier molecular flexibility index (Phi) is 6.31. The predicted molar refractivity (Wildman–Crippen MR) is 77.1 cm³/mol. The average Bonchev–Trinajstić information content (AvgIpc) is 2.42. The van der Waals surface area contributed by atoms with Crippen molar-refractivity contribution in [3.8, 4) is 0 Å². The Morgan fingerprint density at radius 3 is 2.52 bits per heavy atom. The highest BCUT2D eigenvalue weighted by Gasteiger charge is 2.27. The van der Waals surface area contributed by atoms with Gasteiger partial charge in [0.1, 0.15) is 6.04 Å². The highest BCUT2D eigenvalue weighted by Crippen LogP contribution is 2.21. The van der Waals surface area contributed by atoms with Crippen LogP contribution in [0.1, 0.15) is 12.8 Å². The molecule has 1 aromatic rings. The number of rotatable bonds is 7. The van der Waals surface area contributed by atoms with Gasteiger partial charge in [-0.15, -0.1) is 0 Å². The van der Waals surface area contributed by atoms with Gasteiger partial charge in [0.25, 0.3) is 0 Å². The number of carbonyl (C=O) groups excluding carboxylic acids is 1. The summed E-state index contributed by atoms with van der Waals surface area (Å²) in [5, 5.41) is 9.05. The van der Waals surface area contributed by atoms with Crippen LogP contribution < -0.4 is 4.72 Å². The molecule has 0 saturated carbocycles. The van der Waals surface area contributed by atoms with Crippen molar-refractivity contribution >= 4 is 37.9 Å². The summed E-state index contributed by atoms with van der Waals surface area (Å²) in [6.07, 6.45) is -0.405. The molecule has 0 aromatic heterocycles. The summed E-state index contributed by atoms with van der Waals surface area (Å²) in [6.45, 7) is 0. The molecule has 0 heterocycles. The Labute approximate surface area is 130 Å². The molecule has 2 N–H and O–H groups in total. The Bertz CT molecular complexity index is 630. The van der Waals surface area contributed by atoms with E-state index < -0.39 is 28.0 Å². The maximum atomic E-state index is 12.2. The highest BCUT2D eigenvalue weighted by atomic mass is 79.9. The lowest BCUT2D eigenvalue weighted by molar-refractivity contribution is -0.142. The number of benzene rings is 1. The first-order valence-corrected chi connectivity index (χ1v) is 8.12. The average molecular weight is 380 g/mol. The van der Waals surface area contributed by atoms with Crippen LogP contribution in [0.5, 0.6) is 0 Å². The number of methoxy groups -OCH3 is 1. The Morgan fingerprint density at radius 1 is 1.38 bits per heavy atom. The van der Waals surface area contributed by atoms with Gasteiger partial charge in [-0.25, -0.2) is 8.42 Å². The minimum atomic E-state index is -4.02. The molecular formula is C12H14BrNO6S. The quantitative estimate of drug-likeness (QED) is 0.687. The van der Waals surface area contributed by atoms with Gasteiger partial charge in [0.2, 0.25) is 10.0 Å². The molecule has 9 heteroatoms. The fourth-order valence-electron chi connectivity index (χ4n) is 1.51. The molecule has 116 valence electrons. The summed E-state index contributed by atoms with van der Waals surface area (Å²) < 4.78 is 31.1. The summed E-state index contributed by atoms with van der Waals surface area (Å²) in [5.74, 6) is -1.98. The normalized spacial score (nSPS) is 12.7. The third kappa shape index (κ3) is 5.10. The second kappa shape index (κ2) is 7.53. The lowest BCUT2D eigenvalue weighted by Crippen LogP contribution is -2.41. The molecule has 0 aliphatic carbocycles. The van der Waals surface area contributed by atoms with Crippen LogP contribution in [0.25, 0.3) is 0 Å². The van der Waals surface area contributed by atoms with Crippen LogP contribution in [0.15, 0.2) is 33.6 Å². The summed E-state index contributed by atoms with van der Waals surface area (Å²) in [4.78, 5) is 22.1. The van der Waals surface area contributed by atoms with Gasteiger partial charge in [0.15, 0.2) is 0 Å². The lowest BCUT2D eigenvalue weighted by atomic mass is 10.2. The summed E-state index contributed by atoms with van der Waals surface area (Å²) in [6, 6.07) is 4.60. The van der Waals surface area contributed by atoms with Crippen molar-refractivity contribution in [2.75, 3.05) is 7.11 Å². The standard InChI is InChI=1S/C12H14BrNO6S/c1-20-11(15)7-6-9(12(16)17)14-21(18,19)10-5-3-2-4-8(10)13/h2-5,9,14H,6-7H2,1H3,(H,16,17)/t9-/m1/s1. The Balaban J connectivity index is 2.90. The maximum absolute atomic E-state index is 12.2. The molecule has 0 spiro atoms. The van der Waals surface area contributed by atoms with Crippen LogP contribution in [0.3, 0.4) is 0 Å². The van der Waals surface area contributed by atoms with Gasteiger partial charge in [-0.05, 0) is 34.5 Å². The number of carboxylic acids is 1. The van der Waals surface area contributed by atoms with Gasteiger partial charge in [-0.3, -0.25) is 9.59 Å². The molecule has 1 rings (SSSR count). The number of carbonyl (C=O) groups is 2. The van der Waals surface area contributed by atoms with Crippen molar-refractivity contribution in [3.63, 3.8) is 0 Å². The monoisotopic (exact) mass is 379 g/mol. The number of halogens is 1. The molecule has 0 aliphatic rings. The van der Waals surface area contributed by atoms with E-state index in [0.717, 1.165) is 0 Å². The number of ether oxygens (including phenoxy) is 1. The van der Waals surface area contributed by atoms with Crippen LogP contribution in [0.2, 0.25) is 0 Å². The minimum Gasteiger partial charge on any atom is -0.480 e. The Hall–Kier alpha value is -1.45. The van der Waals surface area contributed by atoms with Crippen LogP contribution in [0.4, 0.5) is 0 Å². The summed E-state index contributed by atoms with van der Waals surface area (Å²) in [5.41, 5.74) is 0. The molecule has 0 radical (unpaired) electrons. The zero-order valence-corrected chi connectivity index (χ0v) is 13.5. The first-order chi connectivity index (χ1) is 9.77. The first-order valence-electron chi connectivity index (χ1n) is 5.84. The van der Waals surface area contributed by atoms with Gasteiger partial charge in [-0.1, -0.05) is 12.1 Å². The van der Waals surface area contributed by atoms with Gasteiger partial charge >= 0.3 is 11.9 Å². The van der Waals surface area contributed by atoms with Gasteiger partial charge < -0.3 is 9.84 Å². The fourth-order valence-corrected chi connectivity index (χ4v) is 3.74. The second-order valence-corrected chi connectivity index (χ2v) is 6.59. The van der Waals surface area contributed by atoms with E-state index in [2.05, 4.69) is 25.4 Å². The second-order valence-electron chi connectivity index (χ2n) is 4.06. The number of hydrogen-bond donors (Lipinski definition) is 2. The summed E-state index contributed by atoms with van der Waals surface area (Å²) in [7, 11) is -2.85. The van der Waals surface area contributed by atoms with E-state index in [-0.39, 0.29) is 17.7 Å². The lowest BCUT2D eigenvalue weighted by Gasteiger charge is -2.15. The van der Waals surface area contributed by atoms with Gasteiger partial charge in [0, 0.05) is 10.9 Å². The fraction of sp³-hybridized carbons (Fsp3) is 0.333. The molecule has 1 aromatic carbocycles. The van der Waals surface area contributed by atoms with Crippen molar-refractivity contribution in [3.05, 3.63) is 28.7 Å². The van der Waals surface area contributed by atoms with E-state index in [4.69, 9.17) is 5.11 Å². The number of nitrogens with one attached hydrogen (secondary N) is 1. The summed E-state index contributed by atoms with van der Waals surface area (Å²) >= 11 is 3.09. The molecule has 0 aliphatic heterocycles. The first kappa shape index (κ1) is 17.6. The van der Waals surface area contributed by atoms with E-state index in [1.165, 1.54) is 25.3 Å². The van der Waals surface area contributed by atoms with E-state index >= 15 is 0 Å². The number of esters is 1. The number of hydrogen-bond acceptors (Lipinski definition) is 5. The number of aliphatic carboxylic acids is 1. The van der Waals surface area contributed by atoms with Gasteiger partial charge in [-0.2, -0.15) is 4.72 Å². The van der Waals surface area contributed by atoms with Gasteiger partial charge in [0.05, 0.1) is 12.0 Å². The molecule has 0 fully saturated rings. The van der Waals surface area contributed by atoms with Crippen LogP contribution in [-0.4, -0.2) is 38.6 Å². The predicted octanol–water partition coefficient (Wildman–Crippen LogP) is 1.13. The third-order valence-electron chi connectivity index (χ3n) is 2.59. The van der Waals surface area contributed by atoms with Crippen molar-refractivity contribution in [2.24, 2.45) is 0 Å². The number of carboxylic acid groups (broad SMARTS) is 1. The largest absolute Gasteiger partial charge is 0.480 e. The minimum absolute atomic E-state index is 0.0747. The van der Waals surface area contributed by atoms with E-state index in [9.17, 15) is 18.0 Å². The topological polar surface area (TPSA) is 110 Å². The SMILES string of the molecule is COC(=O)CC[C@@H](NS(=O)(=O)c1ccccc1Br)C(=O)O. The molecule has 0 bridgehead atoms. The number of sulfonamides is 1. The highest BCUT2D eigenvalue weighted by molar-refractivity contribution is 9.10. The van der Waals surface area contributed by atoms with Crippen LogP contribution in [-0.2, 0) is 24.3 Å². The third-order valence-corrected chi connectivity index (χ3v) is 5.07. The molecule has 21 heavy (non-hydrogen) atoms. The van der Waals surface area contributed by atoms with Crippen molar-refractivity contribution in [1.29, 1.82) is 0 Å². The maximum Gasteiger partial charge on any atom is 0.321 e. The Morgan fingerprint density at radius 2 is 2.00 bits per heavy atom. The van der Waals surface area contributed by atoms with Crippen molar-refractivity contribution < 1.29 is 27.9 Å². The molecule has 0 saturated heterocycles. The molecular weight excluding hydrogens is 366 g/mol. The van der Waals surface area contributed by atoms with Crippen molar-refractivity contribution in [2.45, 2.75) is 23.8 Å². The van der Waals surface area contributed by atoms with Crippen LogP contribution >= 0.6 is 15.9 Å². The molecule has 0 amide bonds. The zero-order chi connectivity index (χ0) is 16.0. The molecule has 0 unspecified atom stereocenters. The van der Waals surface area contributed by atoms with E-state index in [0.29, 0.717) is 4.47 Å². The molecule has 1 atom stereocenters. The smallest absolute Gasteiger partial charge is 0.321 e. The van der Waals surface area contributed by atoms with Crippen LogP contribution in [0, 0.1) is 0 Å². The van der Waals surface area contributed by atoms with E-state index in [1.54, 1.807) is 6.07 Å². The molecule has 7 nitrogen and oxygen atoms in total. The van der Waals surface area contributed by atoms with E-state index in [1.807, 2.05) is 0 Å². The van der Waals surface area contributed by atoms with Crippen molar-refractivity contribution in [1.82, 2.24) is 4.72 Å². The zero-order valence-electron chi connectivity index (χ0n) is 11.1.